The number of rotatable bonds is 3. The molecule has 0 saturated carbocycles. The van der Waals surface area contributed by atoms with E-state index < -0.39 is 0 Å². The highest BCUT2D eigenvalue weighted by molar-refractivity contribution is 6.18. The van der Waals surface area contributed by atoms with Crippen molar-refractivity contribution in [1.82, 2.24) is 0 Å². The lowest BCUT2D eigenvalue weighted by molar-refractivity contribution is -0.232. The van der Waals surface area contributed by atoms with Crippen LogP contribution in [-0.2, 0) is 16.4 Å². The lowest BCUT2D eigenvalue weighted by atomic mass is 10.1. The molecule has 2 aromatic rings. The van der Waals surface area contributed by atoms with Crippen LogP contribution >= 0.6 is 0 Å². The van der Waals surface area contributed by atoms with Crippen molar-refractivity contribution < 1.29 is 14.6 Å². The van der Waals surface area contributed by atoms with E-state index in [9.17, 15) is 4.79 Å². The highest BCUT2D eigenvalue weighted by Crippen LogP contribution is 2.19. The molecular weight excluding hydrogens is 242 g/mol. The van der Waals surface area contributed by atoms with E-state index in [2.05, 4.69) is 4.99 Å². The summed E-state index contributed by atoms with van der Waals surface area (Å²) in [7, 11) is 0. The minimum atomic E-state index is -0.297. The van der Waals surface area contributed by atoms with E-state index in [1.165, 1.54) is 0 Å². The van der Waals surface area contributed by atoms with Crippen molar-refractivity contribution >= 4 is 11.8 Å². The van der Waals surface area contributed by atoms with Crippen LogP contribution in [-0.4, -0.2) is 11.8 Å². The molecule has 1 aliphatic rings. The molecule has 0 radical (unpaired) electrons. The Labute approximate surface area is 110 Å². The minimum Gasteiger partial charge on any atom is -0.316 e. The number of hydrogen-bond donors (Lipinski definition) is 0. The van der Waals surface area contributed by atoms with Crippen LogP contribution in [0.5, 0.6) is 0 Å². The van der Waals surface area contributed by atoms with E-state index in [0.29, 0.717) is 17.7 Å². The van der Waals surface area contributed by atoms with Crippen LogP contribution in [0.2, 0.25) is 0 Å². The number of aliphatic imine (C=N–C) groups is 1. The monoisotopic (exact) mass is 253 g/mol. The highest BCUT2D eigenvalue weighted by atomic mass is 17.2. The van der Waals surface area contributed by atoms with Gasteiger partial charge in [0.25, 0.3) is 11.8 Å². The Balaban J connectivity index is 1.66. The van der Waals surface area contributed by atoms with E-state index in [-0.39, 0.29) is 11.8 Å². The van der Waals surface area contributed by atoms with Gasteiger partial charge in [0.2, 0.25) is 0 Å². The first-order valence-electron chi connectivity index (χ1n) is 5.90. The highest BCUT2D eigenvalue weighted by Gasteiger charge is 2.24. The zero-order valence-corrected chi connectivity index (χ0v) is 10.1. The SMILES string of the molecule is O=C1N=C(OOCc2ccccc2)c2ccccc21. The number of nitrogens with zero attached hydrogens (tertiary/aromatic N) is 1. The number of fused-ring (bicyclic) bond motifs is 1. The zero-order chi connectivity index (χ0) is 13.1. The van der Waals surface area contributed by atoms with Crippen molar-refractivity contribution in [3.63, 3.8) is 0 Å². The number of carbonyl (C=O) groups excluding carboxylic acids is 1. The van der Waals surface area contributed by atoms with Crippen LogP contribution in [0.1, 0.15) is 21.5 Å². The number of hydrogen-bond acceptors (Lipinski definition) is 3. The summed E-state index contributed by atoms with van der Waals surface area (Å²) in [6.07, 6.45) is 0. The van der Waals surface area contributed by atoms with E-state index in [1.54, 1.807) is 18.2 Å². The molecule has 1 aliphatic heterocycles. The average molecular weight is 253 g/mol. The van der Waals surface area contributed by atoms with Gasteiger partial charge in [0.05, 0.1) is 11.1 Å². The Morgan fingerprint density at radius 3 is 2.37 bits per heavy atom. The number of amides is 1. The van der Waals surface area contributed by atoms with Gasteiger partial charge in [-0.2, -0.15) is 9.88 Å². The quantitative estimate of drug-likeness (QED) is 0.624. The summed E-state index contributed by atoms with van der Waals surface area (Å²) in [5.41, 5.74) is 2.20. The van der Waals surface area contributed by atoms with Crippen molar-refractivity contribution in [3.05, 3.63) is 71.3 Å². The van der Waals surface area contributed by atoms with Gasteiger partial charge < -0.3 is 4.89 Å². The Morgan fingerprint density at radius 2 is 1.58 bits per heavy atom. The van der Waals surface area contributed by atoms with Gasteiger partial charge in [-0.1, -0.05) is 42.5 Å². The van der Waals surface area contributed by atoms with Crippen molar-refractivity contribution in [2.75, 3.05) is 0 Å². The maximum absolute atomic E-state index is 11.6. The van der Waals surface area contributed by atoms with Crippen LogP contribution in [0.4, 0.5) is 0 Å². The van der Waals surface area contributed by atoms with Crippen molar-refractivity contribution in [2.45, 2.75) is 6.61 Å². The number of benzene rings is 2. The van der Waals surface area contributed by atoms with Gasteiger partial charge in [-0.15, -0.1) is 0 Å². The largest absolute Gasteiger partial charge is 0.316 e. The van der Waals surface area contributed by atoms with Crippen LogP contribution in [0, 0.1) is 0 Å². The second kappa shape index (κ2) is 5.04. The summed E-state index contributed by atoms with van der Waals surface area (Å²) in [6.45, 7) is 0.302. The third-order valence-corrected chi connectivity index (χ3v) is 2.80. The van der Waals surface area contributed by atoms with Crippen molar-refractivity contribution in [3.8, 4) is 0 Å². The molecule has 94 valence electrons. The van der Waals surface area contributed by atoms with Gasteiger partial charge in [-0.25, -0.2) is 0 Å². The predicted octanol–water partition coefficient (Wildman–Crippen LogP) is 2.74. The normalized spacial score (nSPS) is 13.1. The fourth-order valence-electron chi connectivity index (χ4n) is 1.86. The fraction of sp³-hybridized carbons (Fsp3) is 0.0667. The summed E-state index contributed by atoms with van der Waals surface area (Å²) in [5, 5.41) is 0. The standard InChI is InChI=1S/C15H11NO3/c17-14-12-8-4-5-9-13(12)15(16-14)19-18-10-11-6-2-1-3-7-11/h1-9H,10H2. The van der Waals surface area contributed by atoms with Crippen LogP contribution in [0.25, 0.3) is 0 Å². The predicted molar refractivity (Wildman–Crippen MR) is 69.6 cm³/mol. The molecule has 4 heteroatoms. The smallest absolute Gasteiger partial charge is 0.281 e. The molecular formula is C15H11NO3. The van der Waals surface area contributed by atoms with E-state index >= 15 is 0 Å². The first-order valence-corrected chi connectivity index (χ1v) is 5.90. The summed E-state index contributed by atoms with van der Waals surface area (Å²) >= 11 is 0. The molecule has 0 aromatic heterocycles. The van der Waals surface area contributed by atoms with Crippen LogP contribution in [0.3, 0.4) is 0 Å². The summed E-state index contributed by atoms with van der Waals surface area (Å²) < 4.78 is 0. The number of carbonyl (C=O) groups is 1. The van der Waals surface area contributed by atoms with Gasteiger partial charge in [0.15, 0.2) is 0 Å². The Bertz CT molecular complexity index is 635. The van der Waals surface area contributed by atoms with Gasteiger partial charge in [0.1, 0.15) is 6.61 Å². The van der Waals surface area contributed by atoms with E-state index in [4.69, 9.17) is 9.78 Å². The molecule has 0 spiro atoms. The second-order valence-corrected chi connectivity index (χ2v) is 4.10. The Hall–Kier alpha value is -2.46. The minimum absolute atomic E-state index is 0.219. The third-order valence-electron chi connectivity index (χ3n) is 2.80. The molecule has 1 amide bonds. The molecule has 0 unspecified atom stereocenters. The van der Waals surface area contributed by atoms with Crippen molar-refractivity contribution in [2.24, 2.45) is 4.99 Å². The van der Waals surface area contributed by atoms with Crippen LogP contribution in [0.15, 0.2) is 59.6 Å². The molecule has 0 atom stereocenters. The lowest BCUT2D eigenvalue weighted by Crippen LogP contribution is -2.05. The molecule has 0 fully saturated rings. The molecule has 0 N–H and O–H groups in total. The molecule has 19 heavy (non-hydrogen) atoms. The van der Waals surface area contributed by atoms with Gasteiger partial charge in [-0.05, 0) is 17.7 Å². The topological polar surface area (TPSA) is 47.9 Å². The molecule has 3 rings (SSSR count). The Morgan fingerprint density at radius 1 is 0.895 bits per heavy atom. The molecule has 4 nitrogen and oxygen atoms in total. The molecule has 0 saturated heterocycles. The van der Waals surface area contributed by atoms with E-state index in [0.717, 1.165) is 5.56 Å². The maximum atomic E-state index is 11.6. The first kappa shape index (κ1) is 11.6. The maximum Gasteiger partial charge on any atom is 0.281 e. The third kappa shape index (κ3) is 2.39. The lowest BCUT2D eigenvalue weighted by Gasteiger charge is -2.05. The molecule has 0 bridgehead atoms. The van der Waals surface area contributed by atoms with Gasteiger partial charge >= 0.3 is 0 Å². The molecule has 0 aliphatic carbocycles. The Kier molecular flexibility index (Phi) is 3.08. The summed E-state index contributed by atoms with van der Waals surface area (Å²) in [4.78, 5) is 25.7. The summed E-state index contributed by atoms with van der Waals surface area (Å²) in [5.74, 6) is -0.0783. The molecule has 2 aromatic carbocycles. The molecule has 1 heterocycles. The fourth-order valence-corrected chi connectivity index (χ4v) is 1.86. The summed E-state index contributed by atoms with van der Waals surface area (Å²) in [6, 6.07) is 16.8. The van der Waals surface area contributed by atoms with E-state index in [1.807, 2.05) is 36.4 Å². The van der Waals surface area contributed by atoms with Crippen LogP contribution < -0.4 is 0 Å². The average Bonchev–Trinajstić information content (AvgIpc) is 2.78. The van der Waals surface area contributed by atoms with Gasteiger partial charge in [0, 0.05) is 0 Å². The first-order chi connectivity index (χ1) is 9.34. The second-order valence-electron chi connectivity index (χ2n) is 4.10. The zero-order valence-electron chi connectivity index (χ0n) is 10.1. The van der Waals surface area contributed by atoms with Gasteiger partial charge in [-0.3, -0.25) is 4.79 Å². The van der Waals surface area contributed by atoms with Crippen molar-refractivity contribution in [1.29, 1.82) is 0 Å².